The van der Waals surface area contributed by atoms with Crippen molar-refractivity contribution >= 4 is 23.4 Å². The minimum absolute atomic E-state index is 0.140. The first-order chi connectivity index (χ1) is 12.1. The number of nitrogens with zero attached hydrogens (tertiary/aromatic N) is 2. The molecule has 1 aliphatic heterocycles. The molecule has 1 amide bonds. The van der Waals surface area contributed by atoms with Crippen molar-refractivity contribution in [1.29, 1.82) is 0 Å². The number of amides is 1. The number of aromatic nitrogens is 2. The van der Waals surface area contributed by atoms with Crippen molar-refractivity contribution in [3.63, 3.8) is 0 Å². The lowest BCUT2D eigenvalue weighted by molar-refractivity contribution is 0.102. The Balaban J connectivity index is 1.93. The summed E-state index contributed by atoms with van der Waals surface area (Å²) in [6.45, 7) is 3.57. The Hall–Kier alpha value is -2.12. The van der Waals surface area contributed by atoms with E-state index >= 15 is 0 Å². The Kier molecular flexibility index (Phi) is 5.55. The predicted molar refractivity (Wildman–Crippen MR) is 101 cm³/mol. The molecule has 25 heavy (non-hydrogen) atoms. The lowest BCUT2D eigenvalue weighted by Gasteiger charge is -2.25. The molecule has 2 aromatic rings. The maximum Gasteiger partial charge on any atom is 0.263 e. The van der Waals surface area contributed by atoms with Gasteiger partial charge in [0.25, 0.3) is 11.5 Å². The van der Waals surface area contributed by atoms with E-state index in [0.29, 0.717) is 11.3 Å². The first-order valence-corrected chi connectivity index (χ1v) is 9.57. The SMILES string of the molecule is CSc1ncccc1NC(=O)c1c(C)ccn(C2CCNCC2)c1=O. The third kappa shape index (κ3) is 3.77. The maximum absolute atomic E-state index is 12.9. The zero-order chi connectivity index (χ0) is 17.8. The van der Waals surface area contributed by atoms with Crippen molar-refractivity contribution in [2.45, 2.75) is 30.8 Å². The minimum Gasteiger partial charge on any atom is -0.319 e. The smallest absolute Gasteiger partial charge is 0.263 e. The van der Waals surface area contributed by atoms with Crippen LogP contribution in [0.5, 0.6) is 0 Å². The Labute approximate surface area is 151 Å². The molecule has 0 radical (unpaired) electrons. The number of anilines is 1. The number of aryl methyl sites for hydroxylation is 1. The highest BCUT2D eigenvalue weighted by Crippen LogP contribution is 2.23. The number of pyridine rings is 2. The summed E-state index contributed by atoms with van der Waals surface area (Å²) in [5.41, 5.74) is 1.29. The summed E-state index contributed by atoms with van der Waals surface area (Å²) in [7, 11) is 0. The number of hydrogen-bond acceptors (Lipinski definition) is 5. The minimum atomic E-state index is -0.380. The molecule has 0 bridgehead atoms. The van der Waals surface area contributed by atoms with Crippen LogP contribution in [0, 0.1) is 6.92 Å². The molecular weight excluding hydrogens is 336 g/mol. The predicted octanol–water partition coefficient (Wildman–Crippen LogP) is 2.45. The van der Waals surface area contributed by atoms with Crippen molar-refractivity contribution in [2.75, 3.05) is 24.7 Å². The van der Waals surface area contributed by atoms with Crippen LogP contribution >= 0.6 is 11.8 Å². The van der Waals surface area contributed by atoms with E-state index in [1.165, 1.54) is 11.8 Å². The molecule has 1 aliphatic rings. The lowest BCUT2D eigenvalue weighted by atomic mass is 10.0. The van der Waals surface area contributed by atoms with E-state index in [0.717, 1.165) is 31.0 Å². The van der Waals surface area contributed by atoms with E-state index in [2.05, 4.69) is 15.6 Å². The fourth-order valence-corrected chi connectivity index (χ4v) is 3.63. The largest absolute Gasteiger partial charge is 0.319 e. The second-order valence-electron chi connectivity index (χ2n) is 6.08. The Bertz CT molecular complexity index is 828. The topological polar surface area (TPSA) is 76.0 Å². The molecule has 0 unspecified atom stereocenters. The van der Waals surface area contributed by atoms with Crippen molar-refractivity contribution in [3.8, 4) is 0 Å². The van der Waals surface area contributed by atoms with E-state index in [9.17, 15) is 9.59 Å². The highest BCUT2D eigenvalue weighted by atomic mass is 32.2. The second-order valence-corrected chi connectivity index (χ2v) is 6.88. The molecule has 1 saturated heterocycles. The monoisotopic (exact) mass is 358 g/mol. The van der Waals surface area contributed by atoms with Crippen molar-refractivity contribution in [1.82, 2.24) is 14.9 Å². The average Bonchev–Trinajstić information content (AvgIpc) is 2.63. The van der Waals surface area contributed by atoms with Gasteiger partial charge < -0.3 is 15.2 Å². The number of carbonyl (C=O) groups excluding carboxylic acids is 1. The summed E-state index contributed by atoms with van der Waals surface area (Å²) in [5, 5.41) is 6.86. The zero-order valence-corrected chi connectivity index (χ0v) is 15.2. The summed E-state index contributed by atoms with van der Waals surface area (Å²) in [4.78, 5) is 30.0. The van der Waals surface area contributed by atoms with Gasteiger partial charge in [-0.1, -0.05) is 0 Å². The number of nitrogens with one attached hydrogen (secondary N) is 2. The highest BCUT2D eigenvalue weighted by Gasteiger charge is 2.21. The fraction of sp³-hybridized carbons (Fsp3) is 0.389. The van der Waals surface area contributed by atoms with Gasteiger partial charge in [0.05, 0.1) is 5.69 Å². The van der Waals surface area contributed by atoms with Gasteiger partial charge in [0, 0.05) is 18.4 Å². The standard InChI is InChI=1S/C18H22N4O2S/c1-12-7-11-22(13-5-9-19-10-6-13)18(24)15(12)16(23)21-14-4-3-8-20-17(14)25-2/h3-4,7-8,11,13,19H,5-6,9-10H2,1-2H3,(H,21,23). The molecule has 3 rings (SSSR count). The third-order valence-corrected chi connectivity index (χ3v) is 5.18. The Morgan fingerprint density at radius 2 is 2.12 bits per heavy atom. The van der Waals surface area contributed by atoms with Crippen LogP contribution in [-0.2, 0) is 0 Å². The molecule has 6 nitrogen and oxygen atoms in total. The molecule has 0 saturated carbocycles. The van der Waals surface area contributed by atoms with Gasteiger partial charge >= 0.3 is 0 Å². The molecule has 132 valence electrons. The van der Waals surface area contributed by atoms with Gasteiger partial charge in [-0.15, -0.1) is 11.8 Å². The summed E-state index contributed by atoms with van der Waals surface area (Å²) >= 11 is 1.45. The Morgan fingerprint density at radius 3 is 2.84 bits per heavy atom. The zero-order valence-electron chi connectivity index (χ0n) is 14.4. The molecular formula is C18H22N4O2S. The first-order valence-electron chi connectivity index (χ1n) is 8.34. The van der Waals surface area contributed by atoms with Crippen LogP contribution in [0.2, 0.25) is 0 Å². The van der Waals surface area contributed by atoms with Crippen LogP contribution in [0.3, 0.4) is 0 Å². The molecule has 1 fully saturated rings. The second kappa shape index (κ2) is 7.84. The normalized spacial score (nSPS) is 15.1. The van der Waals surface area contributed by atoms with Crippen LogP contribution in [0.25, 0.3) is 0 Å². The van der Waals surface area contributed by atoms with Crippen molar-refractivity contribution in [2.24, 2.45) is 0 Å². The van der Waals surface area contributed by atoms with Gasteiger partial charge in [-0.3, -0.25) is 9.59 Å². The molecule has 2 N–H and O–H groups in total. The van der Waals surface area contributed by atoms with E-state index in [-0.39, 0.29) is 23.1 Å². The van der Waals surface area contributed by atoms with Crippen LogP contribution in [0.4, 0.5) is 5.69 Å². The fourth-order valence-electron chi connectivity index (χ4n) is 3.12. The van der Waals surface area contributed by atoms with E-state index < -0.39 is 0 Å². The quantitative estimate of drug-likeness (QED) is 0.821. The molecule has 0 spiro atoms. The van der Waals surface area contributed by atoms with Gasteiger partial charge in [-0.2, -0.15) is 0 Å². The summed E-state index contributed by atoms with van der Waals surface area (Å²) in [6.07, 6.45) is 7.17. The van der Waals surface area contributed by atoms with E-state index in [4.69, 9.17) is 0 Å². The number of hydrogen-bond donors (Lipinski definition) is 2. The van der Waals surface area contributed by atoms with Crippen molar-refractivity contribution < 1.29 is 4.79 Å². The highest BCUT2D eigenvalue weighted by molar-refractivity contribution is 7.98. The average molecular weight is 358 g/mol. The summed E-state index contributed by atoms with van der Waals surface area (Å²) < 4.78 is 1.71. The number of piperidine rings is 1. The van der Waals surface area contributed by atoms with Gasteiger partial charge in [-0.05, 0) is 62.9 Å². The molecule has 7 heteroatoms. The van der Waals surface area contributed by atoms with Gasteiger partial charge in [0.2, 0.25) is 0 Å². The van der Waals surface area contributed by atoms with Gasteiger partial charge in [0.1, 0.15) is 10.6 Å². The van der Waals surface area contributed by atoms with Crippen LogP contribution < -0.4 is 16.2 Å². The Morgan fingerprint density at radius 1 is 1.36 bits per heavy atom. The molecule has 0 atom stereocenters. The number of rotatable bonds is 4. The number of thioether (sulfide) groups is 1. The summed E-state index contributed by atoms with van der Waals surface area (Å²) in [6, 6.07) is 5.54. The van der Waals surface area contributed by atoms with E-state index in [1.807, 2.05) is 18.5 Å². The van der Waals surface area contributed by atoms with Crippen molar-refractivity contribution in [3.05, 3.63) is 52.1 Å². The molecule has 0 aliphatic carbocycles. The molecule has 0 aromatic carbocycles. The number of carbonyl (C=O) groups is 1. The molecule has 2 aromatic heterocycles. The van der Waals surface area contributed by atoms with Gasteiger partial charge in [-0.25, -0.2) is 4.98 Å². The molecule has 3 heterocycles. The van der Waals surface area contributed by atoms with Crippen LogP contribution in [0.1, 0.15) is 34.8 Å². The third-order valence-electron chi connectivity index (χ3n) is 4.47. The maximum atomic E-state index is 12.9. The first kappa shape index (κ1) is 17.7. The van der Waals surface area contributed by atoms with E-state index in [1.54, 1.807) is 29.8 Å². The lowest BCUT2D eigenvalue weighted by Crippen LogP contribution is -2.37. The van der Waals surface area contributed by atoms with Gasteiger partial charge in [0.15, 0.2) is 0 Å². The van der Waals surface area contributed by atoms with Crippen LogP contribution in [0.15, 0.2) is 40.4 Å². The van der Waals surface area contributed by atoms with Crippen LogP contribution in [-0.4, -0.2) is 34.8 Å². The summed E-state index contributed by atoms with van der Waals surface area (Å²) in [5.74, 6) is -0.380.